The van der Waals surface area contributed by atoms with E-state index < -0.39 is 0 Å². The molecule has 23 heavy (non-hydrogen) atoms. The van der Waals surface area contributed by atoms with Crippen molar-refractivity contribution in [2.75, 3.05) is 32.7 Å². The lowest BCUT2D eigenvalue weighted by Crippen LogP contribution is -2.52. The van der Waals surface area contributed by atoms with Gasteiger partial charge >= 0.3 is 0 Å². The number of piperazine rings is 1. The molecule has 0 radical (unpaired) electrons. The zero-order valence-corrected chi connectivity index (χ0v) is 13.5. The zero-order chi connectivity index (χ0) is 16.2. The summed E-state index contributed by atoms with van der Waals surface area (Å²) >= 11 is 0. The summed E-state index contributed by atoms with van der Waals surface area (Å²) in [6, 6.07) is 9.33. The van der Waals surface area contributed by atoms with Gasteiger partial charge in [0.25, 0.3) is 5.91 Å². The van der Waals surface area contributed by atoms with E-state index in [0.717, 1.165) is 19.3 Å². The lowest BCUT2D eigenvalue weighted by atomic mass is 9.94. The van der Waals surface area contributed by atoms with Crippen molar-refractivity contribution < 1.29 is 9.59 Å². The van der Waals surface area contributed by atoms with Gasteiger partial charge in [0.2, 0.25) is 5.91 Å². The normalized spacial score (nSPS) is 24.7. The molecule has 0 bridgehead atoms. The topological polar surface area (TPSA) is 66.6 Å². The first-order valence-electron chi connectivity index (χ1n) is 8.54. The average molecular weight is 315 g/mol. The summed E-state index contributed by atoms with van der Waals surface area (Å²) in [6.45, 7) is 3.08. The van der Waals surface area contributed by atoms with Crippen LogP contribution in [0.3, 0.4) is 0 Å². The summed E-state index contributed by atoms with van der Waals surface area (Å²) in [5.41, 5.74) is 6.51. The monoisotopic (exact) mass is 315 g/mol. The van der Waals surface area contributed by atoms with Crippen LogP contribution in [0.1, 0.15) is 29.6 Å². The van der Waals surface area contributed by atoms with Gasteiger partial charge in [-0.15, -0.1) is 0 Å². The van der Waals surface area contributed by atoms with Crippen molar-refractivity contribution in [1.29, 1.82) is 0 Å². The Hall–Kier alpha value is -1.88. The van der Waals surface area contributed by atoms with Gasteiger partial charge in [-0.05, 0) is 37.4 Å². The van der Waals surface area contributed by atoms with E-state index in [9.17, 15) is 9.59 Å². The number of carbonyl (C=O) groups is 2. The van der Waals surface area contributed by atoms with Gasteiger partial charge in [0.15, 0.2) is 0 Å². The molecule has 124 valence electrons. The second-order valence-electron chi connectivity index (χ2n) is 6.52. The van der Waals surface area contributed by atoms with Crippen molar-refractivity contribution in [1.82, 2.24) is 9.80 Å². The number of rotatable bonds is 3. The summed E-state index contributed by atoms with van der Waals surface area (Å²) in [5, 5.41) is 0. The van der Waals surface area contributed by atoms with E-state index >= 15 is 0 Å². The number of benzene rings is 1. The lowest BCUT2D eigenvalue weighted by molar-refractivity contribution is -0.138. The number of nitrogens with two attached hydrogens (primary N) is 1. The Morgan fingerprint density at radius 3 is 2.30 bits per heavy atom. The minimum absolute atomic E-state index is 0.0541. The predicted molar refractivity (Wildman–Crippen MR) is 88.8 cm³/mol. The van der Waals surface area contributed by atoms with E-state index in [1.807, 2.05) is 40.1 Å². The van der Waals surface area contributed by atoms with Crippen LogP contribution in [0, 0.1) is 11.8 Å². The minimum Gasteiger partial charge on any atom is -0.339 e. The smallest absolute Gasteiger partial charge is 0.253 e. The summed E-state index contributed by atoms with van der Waals surface area (Å²) in [7, 11) is 0. The van der Waals surface area contributed by atoms with E-state index in [-0.39, 0.29) is 17.7 Å². The molecule has 1 aromatic rings. The van der Waals surface area contributed by atoms with Gasteiger partial charge in [0.1, 0.15) is 0 Å². The molecule has 0 spiro atoms. The molecule has 1 saturated heterocycles. The van der Waals surface area contributed by atoms with Gasteiger partial charge in [-0.2, -0.15) is 0 Å². The molecule has 2 amide bonds. The number of hydrogen-bond donors (Lipinski definition) is 1. The second-order valence-corrected chi connectivity index (χ2v) is 6.52. The summed E-state index contributed by atoms with van der Waals surface area (Å²) in [5.74, 6) is 0.728. The molecule has 2 fully saturated rings. The fourth-order valence-electron chi connectivity index (χ4n) is 3.77. The SMILES string of the molecule is NC[C@H]1CCC[C@H]1C(=O)N1CCN(C(=O)c2ccccc2)CC1. The third-order valence-corrected chi connectivity index (χ3v) is 5.18. The molecule has 5 heteroatoms. The van der Waals surface area contributed by atoms with Gasteiger partial charge in [0.05, 0.1) is 0 Å². The maximum absolute atomic E-state index is 12.7. The van der Waals surface area contributed by atoms with Gasteiger partial charge < -0.3 is 15.5 Å². The molecule has 1 aromatic carbocycles. The standard InChI is InChI=1S/C18H25N3O2/c19-13-15-7-4-8-16(15)18(23)21-11-9-20(10-12-21)17(22)14-5-2-1-3-6-14/h1-3,5-6,15-16H,4,7-13,19H2/t15-,16-/m1/s1. The molecule has 1 heterocycles. The van der Waals surface area contributed by atoms with Crippen molar-refractivity contribution in [2.24, 2.45) is 17.6 Å². The van der Waals surface area contributed by atoms with Crippen LogP contribution in [-0.2, 0) is 4.79 Å². The second kappa shape index (κ2) is 7.13. The van der Waals surface area contributed by atoms with Gasteiger partial charge in [-0.25, -0.2) is 0 Å². The molecule has 5 nitrogen and oxygen atoms in total. The molecule has 2 aliphatic rings. The molecule has 3 rings (SSSR count). The quantitative estimate of drug-likeness (QED) is 0.915. The van der Waals surface area contributed by atoms with Crippen LogP contribution in [0.4, 0.5) is 0 Å². The van der Waals surface area contributed by atoms with Crippen molar-refractivity contribution >= 4 is 11.8 Å². The first-order valence-corrected chi connectivity index (χ1v) is 8.54. The van der Waals surface area contributed by atoms with Gasteiger partial charge in [0, 0.05) is 37.7 Å². The van der Waals surface area contributed by atoms with E-state index in [1.54, 1.807) is 0 Å². The molecule has 1 aliphatic carbocycles. The number of carbonyl (C=O) groups excluding carboxylic acids is 2. The Bertz CT molecular complexity index is 553. The van der Waals surface area contributed by atoms with Crippen molar-refractivity contribution in [3.8, 4) is 0 Å². The van der Waals surface area contributed by atoms with Gasteiger partial charge in [-0.3, -0.25) is 9.59 Å². The molecule has 1 aliphatic heterocycles. The minimum atomic E-state index is 0.0541. The Balaban J connectivity index is 1.56. The van der Waals surface area contributed by atoms with Crippen LogP contribution in [0.2, 0.25) is 0 Å². The highest BCUT2D eigenvalue weighted by Gasteiger charge is 2.36. The van der Waals surface area contributed by atoms with E-state index in [4.69, 9.17) is 5.73 Å². The first-order chi connectivity index (χ1) is 11.2. The Morgan fingerprint density at radius 1 is 1.00 bits per heavy atom. The Morgan fingerprint density at radius 2 is 1.65 bits per heavy atom. The van der Waals surface area contributed by atoms with Crippen LogP contribution < -0.4 is 5.73 Å². The fraction of sp³-hybridized carbons (Fsp3) is 0.556. The van der Waals surface area contributed by atoms with Crippen molar-refractivity contribution in [2.45, 2.75) is 19.3 Å². The molecule has 2 N–H and O–H groups in total. The predicted octanol–water partition coefficient (Wildman–Crippen LogP) is 1.35. The van der Waals surface area contributed by atoms with Crippen LogP contribution in [0.5, 0.6) is 0 Å². The largest absolute Gasteiger partial charge is 0.339 e. The first kappa shape index (κ1) is 16.0. The summed E-state index contributed by atoms with van der Waals surface area (Å²) in [6.07, 6.45) is 3.13. The fourth-order valence-corrected chi connectivity index (χ4v) is 3.77. The Kier molecular flexibility index (Phi) is 4.96. The van der Waals surface area contributed by atoms with Crippen LogP contribution in [0.15, 0.2) is 30.3 Å². The van der Waals surface area contributed by atoms with E-state index in [2.05, 4.69) is 0 Å². The van der Waals surface area contributed by atoms with Crippen LogP contribution in [0.25, 0.3) is 0 Å². The zero-order valence-electron chi connectivity index (χ0n) is 13.5. The van der Waals surface area contributed by atoms with Crippen molar-refractivity contribution in [3.63, 3.8) is 0 Å². The maximum Gasteiger partial charge on any atom is 0.253 e. The highest BCUT2D eigenvalue weighted by Crippen LogP contribution is 2.32. The molecule has 0 aromatic heterocycles. The average Bonchev–Trinajstić information content (AvgIpc) is 3.10. The number of hydrogen-bond acceptors (Lipinski definition) is 3. The summed E-state index contributed by atoms with van der Waals surface area (Å²) < 4.78 is 0. The Labute approximate surface area is 137 Å². The highest BCUT2D eigenvalue weighted by molar-refractivity contribution is 5.94. The molecular formula is C18H25N3O2. The lowest BCUT2D eigenvalue weighted by Gasteiger charge is -2.36. The third kappa shape index (κ3) is 3.39. The molecule has 0 unspecified atom stereocenters. The molecular weight excluding hydrogens is 290 g/mol. The third-order valence-electron chi connectivity index (χ3n) is 5.18. The number of nitrogens with zero attached hydrogens (tertiary/aromatic N) is 2. The number of amides is 2. The van der Waals surface area contributed by atoms with E-state index in [0.29, 0.717) is 44.2 Å². The highest BCUT2D eigenvalue weighted by atomic mass is 16.2. The molecule has 1 saturated carbocycles. The van der Waals surface area contributed by atoms with Crippen molar-refractivity contribution in [3.05, 3.63) is 35.9 Å². The van der Waals surface area contributed by atoms with E-state index in [1.165, 1.54) is 0 Å². The van der Waals surface area contributed by atoms with Crippen LogP contribution >= 0.6 is 0 Å². The maximum atomic E-state index is 12.7. The molecule has 2 atom stereocenters. The van der Waals surface area contributed by atoms with Gasteiger partial charge in [-0.1, -0.05) is 24.6 Å². The summed E-state index contributed by atoms with van der Waals surface area (Å²) in [4.78, 5) is 28.9. The van der Waals surface area contributed by atoms with Crippen LogP contribution in [-0.4, -0.2) is 54.3 Å².